The molecule has 3 heteroatoms. The van der Waals surface area contributed by atoms with Crippen LogP contribution in [0.25, 0.3) is 0 Å². The molecule has 0 aliphatic carbocycles. The van der Waals surface area contributed by atoms with Crippen LogP contribution in [0.2, 0.25) is 0 Å². The van der Waals surface area contributed by atoms with Crippen molar-refractivity contribution in [3.63, 3.8) is 0 Å². The van der Waals surface area contributed by atoms with Gasteiger partial charge in [-0.15, -0.1) is 0 Å². The molecule has 0 aliphatic rings. The molecule has 2 aromatic carbocycles. The van der Waals surface area contributed by atoms with Crippen LogP contribution in [0.3, 0.4) is 0 Å². The highest BCUT2D eigenvalue weighted by atomic mass is 19.4. The Kier molecular flexibility index (Phi) is 3.63. The summed E-state index contributed by atoms with van der Waals surface area (Å²) in [7, 11) is 0. The van der Waals surface area contributed by atoms with Gasteiger partial charge in [-0.3, -0.25) is 0 Å². The zero-order valence-electron chi connectivity index (χ0n) is 11.8. The van der Waals surface area contributed by atoms with Crippen molar-refractivity contribution in [1.29, 1.82) is 0 Å². The second kappa shape index (κ2) is 4.97. The molecular formula is C17H17F3. The van der Waals surface area contributed by atoms with Crippen molar-refractivity contribution in [2.75, 3.05) is 0 Å². The van der Waals surface area contributed by atoms with Gasteiger partial charge in [0.05, 0.1) is 0 Å². The molecule has 0 atom stereocenters. The molecule has 20 heavy (non-hydrogen) atoms. The van der Waals surface area contributed by atoms with Gasteiger partial charge in [-0.05, 0) is 31.9 Å². The normalized spacial score (nSPS) is 12.5. The zero-order valence-corrected chi connectivity index (χ0v) is 11.8. The smallest absolute Gasteiger partial charge is 0.170 e. The number of halogens is 3. The highest BCUT2D eigenvalue weighted by Gasteiger charge is 2.53. The Balaban J connectivity index is 2.62. The molecule has 0 fully saturated rings. The maximum absolute atomic E-state index is 13.7. The van der Waals surface area contributed by atoms with Crippen molar-refractivity contribution < 1.29 is 13.2 Å². The SMILES string of the molecule is Cc1ccc(C(C)(c2ccc(C)cc2)C(F)(F)F)cc1. The highest BCUT2D eigenvalue weighted by Crippen LogP contribution is 2.46. The topological polar surface area (TPSA) is 0 Å². The van der Waals surface area contributed by atoms with E-state index in [-0.39, 0.29) is 11.1 Å². The van der Waals surface area contributed by atoms with Crippen LogP contribution in [0.15, 0.2) is 48.5 Å². The van der Waals surface area contributed by atoms with Crippen molar-refractivity contribution in [3.05, 3.63) is 70.8 Å². The minimum Gasteiger partial charge on any atom is -0.170 e. The number of alkyl halides is 3. The minimum absolute atomic E-state index is 0.263. The monoisotopic (exact) mass is 278 g/mol. The van der Waals surface area contributed by atoms with E-state index < -0.39 is 11.6 Å². The zero-order chi connectivity index (χ0) is 15.0. The van der Waals surface area contributed by atoms with E-state index in [4.69, 9.17) is 0 Å². The van der Waals surface area contributed by atoms with E-state index in [2.05, 4.69) is 0 Å². The summed E-state index contributed by atoms with van der Waals surface area (Å²) in [6, 6.07) is 13.1. The number of rotatable bonds is 2. The van der Waals surface area contributed by atoms with Gasteiger partial charge in [-0.25, -0.2) is 0 Å². The molecule has 0 N–H and O–H groups in total. The highest BCUT2D eigenvalue weighted by molar-refractivity contribution is 5.42. The molecule has 0 bridgehead atoms. The Hall–Kier alpha value is -1.77. The molecule has 0 heterocycles. The lowest BCUT2D eigenvalue weighted by Crippen LogP contribution is -2.40. The van der Waals surface area contributed by atoms with Crippen LogP contribution in [-0.4, -0.2) is 6.18 Å². The van der Waals surface area contributed by atoms with E-state index >= 15 is 0 Å². The number of aryl methyl sites for hydroxylation is 2. The maximum atomic E-state index is 13.7. The Labute approximate surface area is 117 Å². The first-order valence-corrected chi connectivity index (χ1v) is 6.46. The maximum Gasteiger partial charge on any atom is 0.402 e. The summed E-state index contributed by atoms with van der Waals surface area (Å²) in [4.78, 5) is 0. The van der Waals surface area contributed by atoms with Gasteiger partial charge in [0, 0.05) is 0 Å². The second-order valence-corrected chi connectivity index (χ2v) is 5.35. The van der Waals surface area contributed by atoms with Gasteiger partial charge < -0.3 is 0 Å². The summed E-state index contributed by atoms with van der Waals surface area (Å²) in [5.41, 5.74) is 0.428. The fourth-order valence-electron chi connectivity index (χ4n) is 2.27. The quantitative estimate of drug-likeness (QED) is 0.710. The molecule has 0 spiro atoms. The minimum atomic E-state index is -4.35. The summed E-state index contributed by atoms with van der Waals surface area (Å²) in [5, 5.41) is 0. The molecule has 0 saturated heterocycles. The standard InChI is InChI=1S/C17H17F3/c1-12-4-8-14(9-5-12)16(3,17(18,19)20)15-10-6-13(2)7-11-15/h4-11H,1-3H3. The van der Waals surface area contributed by atoms with Crippen molar-refractivity contribution >= 4 is 0 Å². The average Bonchev–Trinajstić information content (AvgIpc) is 2.38. The van der Waals surface area contributed by atoms with Crippen LogP contribution in [0, 0.1) is 13.8 Å². The summed E-state index contributed by atoms with van der Waals surface area (Å²) in [6.45, 7) is 4.96. The average molecular weight is 278 g/mol. The van der Waals surface area contributed by atoms with Gasteiger partial charge in [0.25, 0.3) is 0 Å². The molecule has 0 aliphatic heterocycles. The molecule has 106 valence electrons. The third kappa shape index (κ3) is 2.45. The summed E-state index contributed by atoms with van der Waals surface area (Å²) in [6.07, 6.45) is -4.35. The third-order valence-electron chi connectivity index (χ3n) is 3.82. The third-order valence-corrected chi connectivity index (χ3v) is 3.82. The number of benzene rings is 2. The van der Waals surface area contributed by atoms with Gasteiger partial charge in [0.2, 0.25) is 0 Å². The van der Waals surface area contributed by atoms with Crippen molar-refractivity contribution in [2.45, 2.75) is 32.4 Å². The summed E-state index contributed by atoms with van der Waals surface area (Å²) in [5.74, 6) is 0. The second-order valence-electron chi connectivity index (χ2n) is 5.35. The first-order chi connectivity index (χ1) is 9.25. The molecule has 0 aromatic heterocycles. The van der Waals surface area contributed by atoms with Gasteiger partial charge in [0.1, 0.15) is 5.41 Å². The van der Waals surface area contributed by atoms with Crippen LogP contribution in [0.1, 0.15) is 29.2 Å². The predicted octanol–water partition coefficient (Wildman–Crippen LogP) is 5.17. The van der Waals surface area contributed by atoms with E-state index in [1.54, 1.807) is 48.5 Å². The van der Waals surface area contributed by atoms with Crippen molar-refractivity contribution in [1.82, 2.24) is 0 Å². The lowest BCUT2D eigenvalue weighted by Gasteiger charge is -2.33. The van der Waals surface area contributed by atoms with E-state index in [9.17, 15) is 13.2 Å². The predicted molar refractivity (Wildman–Crippen MR) is 74.9 cm³/mol. The lowest BCUT2D eigenvalue weighted by molar-refractivity contribution is -0.173. The number of hydrogen-bond donors (Lipinski definition) is 0. The van der Waals surface area contributed by atoms with Crippen molar-refractivity contribution in [3.8, 4) is 0 Å². The van der Waals surface area contributed by atoms with E-state index in [1.807, 2.05) is 13.8 Å². The molecule has 0 radical (unpaired) electrons. The molecule has 0 amide bonds. The van der Waals surface area contributed by atoms with Crippen LogP contribution in [-0.2, 0) is 5.41 Å². The van der Waals surface area contributed by atoms with Gasteiger partial charge in [0.15, 0.2) is 0 Å². The van der Waals surface area contributed by atoms with Crippen LogP contribution in [0.4, 0.5) is 13.2 Å². The van der Waals surface area contributed by atoms with E-state index in [1.165, 1.54) is 6.92 Å². The lowest BCUT2D eigenvalue weighted by atomic mass is 9.75. The first-order valence-electron chi connectivity index (χ1n) is 6.46. The van der Waals surface area contributed by atoms with Crippen molar-refractivity contribution in [2.24, 2.45) is 0 Å². The summed E-state index contributed by atoms with van der Waals surface area (Å²) >= 11 is 0. The largest absolute Gasteiger partial charge is 0.402 e. The van der Waals surface area contributed by atoms with E-state index in [0.717, 1.165) is 11.1 Å². The Bertz CT molecular complexity index is 532. The Morgan fingerprint density at radius 1 is 0.650 bits per heavy atom. The Morgan fingerprint density at radius 3 is 1.20 bits per heavy atom. The molecule has 2 aromatic rings. The van der Waals surface area contributed by atoms with Crippen LogP contribution in [0.5, 0.6) is 0 Å². The molecule has 2 rings (SSSR count). The van der Waals surface area contributed by atoms with Gasteiger partial charge in [-0.2, -0.15) is 13.2 Å². The fraction of sp³-hybridized carbons (Fsp3) is 0.294. The number of hydrogen-bond acceptors (Lipinski definition) is 0. The molecule has 0 unspecified atom stereocenters. The van der Waals surface area contributed by atoms with E-state index in [0.29, 0.717) is 0 Å². The first kappa shape index (κ1) is 14.6. The molecule has 0 saturated carbocycles. The van der Waals surface area contributed by atoms with Crippen LogP contribution < -0.4 is 0 Å². The Morgan fingerprint density at radius 2 is 0.950 bits per heavy atom. The summed E-state index contributed by atoms with van der Waals surface area (Å²) < 4.78 is 41.0. The fourth-order valence-corrected chi connectivity index (χ4v) is 2.27. The molecule has 0 nitrogen and oxygen atoms in total. The molecular weight excluding hydrogens is 261 g/mol. The van der Waals surface area contributed by atoms with Crippen LogP contribution >= 0.6 is 0 Å². The van der Waals surface area contributed by atoms with Gasteiger partial charge in [-0.1, -0.05) is 59.7 Å². The van der Waals surface area contributed by atoms with Gasteiger partial charge >= 0.3 is 6.18 Å².